The van der Waals surface area contributed by atoms with Gasteiger partial charge in [-0.25, -0.2) is 4.57 Å². The van der Waals surface area contributed by atoms with E-state index in [1.165, 1.54) is 51.4 Å². The average molecular weight is 783 g/mol. The van der Waals surface area contributed by atoms with Crippen molar-refractivity contribution in [3.05, 3.63) is 60.8 Å². The molecule has 0 spiro atoms. The number of esters is 2. The number of carbonyl (C=O) groups is 2. The second kappa shape index (κ2) is 38.9. The SMILES string of the molecule is CCCCC/C=C/C/C=C/C/C=C/C/C=C/CCCC(=O)O[C@H](COC(=O)CCCCCCC/C=C/CCCCCCC)COP(=O)(O)OC[C@@H](O)CO. The van der Waals surface area contributed by atoms with E-state index in [4.69, 9.17) is 19.1 Å². The molecule has 0 saturated carbocycles. The van der Waals surface area contributed by atoms with Crippen molar-refractivity contribution in [1.82, 2.24) is 0 Å². The van der Waals surface area contributed by atoms with E-state index in [0.29, 0.717) is 19.3 Å². The Balaban J connectivity index is 4.45. The summed E-state index contributed by atoms with van der Waals surface area (Å²) in [5.41, 5.74) is 0. The van der Waals surface area contributed by atoms with Crippen molar-refractivity contribution in [2.24, 2.45) is 0 Å². The standard InChI is InChI=1S/C43H75O10P/c1-3-5-7-9-11-13-15-17-19-20-21-23-25-27-29-31-33-35-43(47)53-41(39-52-54(48,49)51-37-40(45)36-44)38-50-42(46)34-32-30-28-26-24-22-18-16-14-12-10-8-6-4-2/h11,13,16-19,21,23,27,29,40-41,44-45H,3-10,12,14-15,20,22,24-26,28,30-39H2,1-2H3,(H,48,49)/b13-11+,18-16+,19-17+,23-21+,29-27+/t40-,41+/m0/s1. The molecule has 0 aromatic carbocycles. The first-order chi connectivity index (χ1) is 26.2. The zero-order valence-corrected chi connectivity index (χ0v) is 34.6. The lowest BCUT2D eigenvalue weighted by molar-refractivity contribution is -0.161. The van der Waals surface area contributed by atoms with Gasteiger partial charge < -0.3 is 24.6 Å². The molecule has 0 bridgehead atoms. The molecule has 0 radical (unpaired) electrons. The highest BCUT2D eigenvalue weighted by molar-refractivity contribution is 7.47. The van der Waals surface area contributed by atoms with Crippen LogP contribution >= 0.6 is 7.82 Å². The van der Waals surface area contributed by atoms with Crippen LogP contribution in [0.2, 0.25) is 0 Å². The molecule has 0 amide bonds. The third-order valence-electron chi connectivity index (χ3n) is 8.39. The van der Waals surface area contributed by atoms with Crippen molar-refractivity contribution < 1.29 is 47.8 Å². The number of phosphoric ester groups is 1. The topological polar surface area (TPSA) is 149 Å². The lowest BCUT2D eigenvalue weighted by atomic mass is 10.1. The summed E-state index contributed by atoms with van der Waals surface area (Å²) in [6.45, 7) is 2.25. The van der Waals surface area contributed by atoms with Gasteiger partial charge in [-0.1, -0.05) is 132 Å². The Hall–Kier alpha value is -2.33. The molecule has 11 heteroatoms. The van der Waals surface area contributed by atoms with Gasteiger partial charge in [-0.05, 0) is 77.0 Å². The van der Waals surface area contributed by atoms with Crippen molar-refractivity contribution in [3.8, 4) is 0 Å². The Morgan fingerprint density at radius 3 is 1.56 bits per heavy atom. The van der Waals surface area contributed by atoms with Crippen LogP contribution in [0.25, 0.3) is 0 Å². The van der Waals surface area contributed by atoms with Crippen LogP contribution in [0.3, 0.4) is 0 Å². The Kier molecular flexibility index (Phi) is 37.2. The van der Waals surface area contributed by atoms with Gasteiger partial charge in [0.15, 0.2) is 6.10 Å². The number of ether oxygens (including phenoxy) is 2. The van der Waals surface area contributed by atoms with Gasteiger partial charge in [0.05, 0.1) is 19.8 Å². The van der Waals surface area contributed by atoms with Crippen LogP contribution in [0.5, 0.6) is 0 Å². The Bertz CT molecular complexity index is 1080. The molecule has 0 aliphatic rings. The summed E-state index contributed by atoms with van der Waals surface area (Å²) < 4.78 is 32.6. The Labute approximate surface area is 327 Å². The molecule has 0 rings (SSSR count). The van der Waals surface area contributed by atoms with Crippen LogP contribution in [0, 0.1) is 0 Å². The predicted molar refractivity (Wildman–Crippen MR) is 219 cm³/mol. The molecule has 0 saturated heterocycles. The summed E-state index contributed by atoms with van der Waals surface area (Å²) in [6, 6.07) is 0. The fraction of sp³-hybridized carbons (Fsp3) is 0.721. The van der Waals surface area contributed by atoms with Gasteiger partial charge in [-0.15, -0.1) is 0 Å². The number of phosphoric acid groups is 1. The van der Waals surface area contributed by atoms with Crippen LogP contribution in [-0.2, 0) is 32.7 Å². The number of aliphatic hydroxyl groups excluding tert-OH is 2. The lowest BCUT2D eigenvalue weighted by Gasteiger charge is -2.20. The first kappa shape index (κ1) is 51.7. The zero-order valence-electron chi connectivity index (χ0n) is 33.7. The monoisotopic (exact) mass is 783 g/mol. The summed E-state index contributed by atoms with van der Waals surface area (Å²) in [6.07, 6.45) is 41.9. The van der Waals surface area contributed by atoms with Gasteiger partial charge in [-0.3, -0.25) is 18.6 Å². The van der Waals surface area contributed by atoms with Gasteiger partial charge in [-0.2, -0.15) is 0 Å². The number of aliphatic hydroxyl groups is 2. The maximum Gasteiger partial charge on any atom is 0.472 e. The van der Waals surface area contributed by atoms with Gasteiger partial charge in [0, 0.05) is 12.8 Å². The molecular weight excluding hydrogens is 707 g/mol. The number of hydrogen-bond acceptors (Lipinski definition) is 9. The highest BCUT2D eigenvalue weighted by Gasteiger charge is 2.27. The predicted octanol–water partition coefficient (Wildman–Crippen LogP) is 10.7. The summed E-state index contributed by atoms with van der Waals surface area (Å²) in [4.78, 5) is 34.9. The summed E-state index contributed by atoms with van der Waals surface area (Å²) >= 11 is 0. The molecule has 0 aliphatic heterocycles. The van der Waals surface area contributed by atoms with Crippen molar-refractivity contribution in [2.45, 2.75) is 174 Å². The molecule has 10 nitrogen and oxygen atoms in total. The van der Waals surface area contributed by atoms with E-state index in [0.717, 1.165) is 64.2 Å². The molecule has 0 aromatic rings. The second-order valence-electron chi connectivity index (χ2n) is 13.7. The van der Waals surface area contributed by atoms with Crippen molar-refractivity contribution in [3.63, 3.8) is 0 Å². The zero-order chi connectivity index (χ0) is 39.8. The maximum absolute atomic E-state index is 12.6. The third-order valence-corrected chi connectivity index (χ3v) is 9.35. The minimum atomic E-state index is -4.63. The smallest absolute Gasteiger partial charge is 0.462 e. The van der Waals surface area contributed by atoms with Gasteiger partial charge in [0.1, 0.15) is 12.7 Å². The molecule has 0 aliphatic carbocycles. The van der Waals surface area contributed by atoms with E-state index in [9.17, 15) is 24.2 Å². The molecule has 3 N–H and O–H groups in total. The number of rotatable bonds is 38. The molecule has 0 heterocycles. The molecule has 0 aromatic heterocycles. The number of carbonyl (C=O) groups excluding carboxylic acids is 2. The van der Waals surface area contributed by atoms with Gasteiger partial charge >= 0.3 is 19.8 Å². The summed E-state index contributed by atoms with van der Waals surface area (Å²) in [7, 11) is -4.63. The van der Waals surface area contributed by atoms with Crippen LogP contribution in [0.15, 0.2) is 60.8 Å². The van der Waals surface area contributed by atoms with Crippen molar-refractivity contribution in [2.75, 3.05) is 26.4 Å². The van der Waals surface area contributed by atoms with E-state index in [2.05, 4.69) is 67.0 Å². The highest BCUT2D eigenvalue weighted by Crippen LogP contribution is 2.43. The first-order valence-corrected chi connectivity index (χ1v) is 22.2. The second-order valence-corrected chi connectivity index (χ2v) is 15.1. The van der Waals surface area contributed by atoms with E-state index in [1.807, 2.05) is 12.2 Å². The molecule has 0 fully saturated rings. The Morgan fingerprint density at radius 1 is 0.556 bits per heavy atom. The molecule has 54 heavy (non-hydrogen) atoms. The third kappa shape index (κ3) is 38.0. The maximum atomic E-state index is 12.6. The van der Waals surface area contributed by atoms with E-state index < -0.39 is 51.8 Å². The molecule has 1 unspecified atom stereocenters. The van der Waals surface area contributed by atoms with Crippen LogP contribution < -0.4 is 0 Å². The van der Waals surface area contributed by atoms with Crippen molar-refractivity contribution in [1.29, 1.82) is 0 Å². The quantitative estimate of drug-likeness (QED) is 0.0239. The van der Waals surface area contributed by atoms with Crippen LogP contribution in [-0.4, -0.2) is 65.7 Å². The first-order valence-electron chi connectivity index (χ1n) is 20.7. The van der Waals surface area contributed by atoms with E-state index >= 15 is 0 Å². The molecular formula is C43H75O10P. The number of hydrogen-bond donors (Lipinski definition) is 3. The summed E-state index contributed by atoms with van der Waals surface area (Å²) in [5, 5.41) is 18.3. The van der Waals surface area contributed by atoms with E-state index in [1.54, 1.807) is 0 Å². The molecule has 3 atom stereocenters. The van der Waals surface area contributed by atoms with Gasteiger partial charge in [0.25, 0.3) is 0 Å². The normalized spacial score (nSPS) is 14.5. The van der Waals surface area contributed by atoms with Crippen molar-refractivity contribution >= 4 is 19.8 Å². The minimum Gasteiger partial charge on any atom is -0.462 e. The Morgan fingerprint density at radius 2 is 0.981 bits per heavy atom. The average Bonchev–Trinajstić information content (AvgIpc) is 3.16. The van der Waals surface area contributed by atoms with E-state index in [-0.39, 0.29) is 19.4 Å². The number of allylic oxidation sites excluding steroid dienone is 10. The fourth-order valence-electron chi connectivity index (χ4n) is 5.16. The lowest BCUT2D eigenvalue weighted by Crippen LogP contribution is -2.29. The summed E-state index contributed by atoms with van der Waals surface area (Å²) in [5.74, 6) is -1.00. The van der Waals surface area contributed by atoms with Gasteiger partial charge in [0.2, 0.25) is 0 Å². The largest absolute Gasteiger partial charge is 0.472 e. The fourth-order valence-corrected chi connectivity index (χ4v) is 5.94. The molecule has 312 valence electrons. The van der Waals surface area contributed by atoms with Crippen LogP contribution in [0.4, 0.5) is 0 Å². The highest BCUT2D eigenvalue weighted by atomic mass is 31.2. The minimum absolute atomic E-state index is 0.104. The van der Waals surface area contributed by atoms with Crippen LogP contribution in [0.1, 0.15) is 162 Å². The number of unbranched alkanes of at least 4 members (excludes halogenated alkanes) is 14.